The minimum Gasteiger partial charge on any atom is -0.336 e. The molecule has 2 heterocycles. The second kappa shape index (κ2) is 2.80. The molecule has 0 amide bonds. The summed E-state index contributed by atoms with van der Waals surface area (Å²) in [7, 11) is 0. The van der Waals surface area contributed by atoms with Crippen molar-refractivity contribution in [2.75, 3.05) is 0 Å². The zero-order chi connectivity index (χ0) is 10.3. The summed E-state index contributed by atoms with van der Waals surface area (Å²) in [4.78, 5) is 4.15. The Labute approximate surface area is 83.1 Å². The Morgan fingerprint density at radius 3 is 2.64 bits per heavy atom. The van der Waals surface area contributed by atoms with E-state index in [-0.39, 0.29) is 5.41 Å². The Morgan fingerprint density at radius 2 is 2.00 bits per heavy atom. The zero-order valence-electron chi connectivity index (χ0n) is 8.96. The Hall–Kier alpha value is -1.38. The molecule has 0 atom stereocenters. The van der Waals surface area contributed by atoms with Crippen molar-refractivity contribution in [3.8, 4) is 0 Å². The molecule has 0 radical (unpaired) electrons. The average molecular weight is 190 g/mol. The van der Waals surface area contributed by atoms with E-state index in [9.17, 15) is 0 Å². The highest BCUT2D eigenvalue weighted by Gasteiger charge is 2.20. The van der Waals surface area contributed by atoms with Gasteiger partial charge in [-0.05, 0) is 24.0 Å². The number of hydrogen-bond donors (Lipinski definition) is 0. The standard InChI is InChI=1S/C11H14N2O/c1-7-9-8(11(2,3)4)5-6-12-10(9)14-13-7/h5-6H,1-4H3. The molecule has 3 heteroatoms. The number of hydrogen-bond acceptors (Lipinski definition) is 3. The van der Waals surface area contributed by atoms with Gasteiger partial charge in [0, 0.05) is 6.20 Å². The van der Waals surface area contributed by atoms with Gasteiger partial charge in [-0.3, -0.25) is 0 Å². The van der Waals surface area contributed by atoms with E-state index in [1.54, 1.807) is 6.20 Å². The summed E-state index contributed by atoms with van der Waals surface area (Å²) in [6.45, 7) is 8.47. The predicted molar refractivity (Wildman–Crippen MR) is 55.2 cm³/mol. The predicted octanol–water partition coefficient (Wildman–Crippen LogP) is 2.83. The SMILES string of the molecule is Cc1noc2nccc(C(C)(C)C)c12. The summed E-state index contributed by atoms with van der Waals surface area (Å²) < 4.78 is 5.12. The molecular weight excluding hydrogens is 176 g/mol. The van der Waals surface area contributed by atoms with E-state index in [2.05, 4.69) is 30.9 Å². The first kappa shape index (κ1) is 9.19. The monoisotopic (exact) mass is 190 g/mol. The van der Waals surface area contributed by atoms with Gasteiger partial charge in [0.1, 0.15) is 0 Å². The maximum absolute atomic E-state index is 5.12. The maximum Gasteiger partial charge on any atom is 0.258 e. The molecule has 14 heavy (non-hydrogen) atoms. The number of aryl methyl sites for hydroxylation is 1. The van der Waals surface area contributed by atoms with Crippen LogP contribution in [0.2, 0.25) is 0 Å². The first-order valence-electron chi connectivity index (χ1n) is 4.71. The molecule has 0 bridgehead atoms. The Bertz CT molecular complexity index is 466. The molecule has 0 N–H and O–H groups in total. The Morgan fingerprint density at radius 1 is 1.29 bits per heavy atom. The third-order valence-electron chi connectivity index (χ3n) is 2.36. The van der Waals surface area contributed by atoms with Crippen molar-refractivity contribution in [2.45, 2.75) is 33.1 Å². The Kier molecular flexibility index (Phi) is 1.84. The molecule has 0 spiro atoms. The summed E-state index contributed by atoms with van der Waals surface area (Å²) in [5.74, 6) is 0. The van der Waals surface area contributed by atoms with Gasteiger partial charge in [0.25, 0.3) is 5.71 Å². The first-order valence-corrected chi connectivity index (χ1v) is 4.71. The lowest BCUT2D eigenvalue weighted by Crippen LogP contribution is -2.11. The van der Waals surface area contributed by atoms with E-state index < -0.39 is 0 Å². The molecule has 0 saturated heterocycles. The second-order valence-corrected chi connectivity index (χ2v) is 4.56. The fraction of sp³-hybridized carbons (Fsp3) is 0.455. The van der Waals surface area contributed by atoms with Crippen LogP contribution in [-0.2, 0) is 5.41 Å². The van der Waals surface area contributed by atoms with Crippen LogP contribution in [0.5, 0.6) is 0 Å². The van der Waals surface area contributed by atoms with Crippen LogP contribution in [-0.4, -0.2) is 10.1 Å². The van der Waals surface area contributed by atoms with Crippen molar-refractivity contribution in [2.24, 2.45) is 0 Å². The lowest BCUT2D eigenvalue weighted by molar-refractivity contribution is 0.443. The van der Waals surface area contributed by atoms with Crippen LogP contribution >= 0.6 is 0 Å². The average Bonchev–Trinajstić information content (AvgIpc) is 2.46. The molecule has 0 fully saturated rings. The molecule has 0 aliphatic carbocycles. The summed E-state index contributed by atoms with van der Waals surface area (Å²) in [5.41, 5.74) is 2.88. The van der Waals surface area contributed by atoms with Crippen molar-refractivity contribution in [3.05, 3.63) is 23.5 Å². The Balaban J connectivity index is 2.82. The lowest BCUT2D eigenvalue weighted by atomic mass is 9.85. The van der Waals surface area contributed by atoms with Crippen molar-refractivity contribution >= 4 is 11.1 Å². The molecule has 0 aromatic carbocycles. The summed E-state index contributed by atoms with van der Waals surface area (Å²) in [6, 6.07) is 2.03. The van der Waals surface area contributed by atoms with Crippen molar-refractivity contribution in [3.63, 3.8) is 0 Å². The van der Waals surface area contributed by atoms with E-state index in [1.165, 1.54) is 5.56 Å². The smallest absolute Gasteiger partial charge is 0.258 e. The number of aromatic nitrogens is 2. The fourth-order valence-electron chi connectivity index (χ4n) is 1.64. The molecule has 3 nitrogen and oxygen atoms in total. The largest absolute Gasteiger partial charge is 0.336 e. The van der Waals surface area contributed by atoms with E-state index in [4.69, 9.17) is 4.52 Å². The van der Waals surface area contributed by atoms with E-state index in [0.717, 1.165) is 11.1 Å². The number of nitrogens with zero attached hydrogens (tertiary/aromatic N) is 2. The molecule has 74 valence electrons. The van der Waals surface area contributed by atoms with Crippen molar-refractivity contribution in [1.29, 1.82) is 0 Å². The first-order chi connectivity index (χ1) is 6.50. The van der Waals surface area contributed by atoms with E-state index in [0.29, 0.717) is 5.71 Å². The van der Waals surface area contributed by atoms with Crippen LogP contribution in [0.1, 0.15) is 32.0 Å². The third-order valence-corrected chi connectivity index (χ3v) is 2.36. The third kappa shape index (κ3) is 1.29. The van der Waals surface area contributed by atoms with Gasteiger partial charge in [-0.1, -0.05) is 25.9 Å². The van der Waals surface area contributed by atoms with E-state index >= 15 is 0 Å². The van der Waals surface area contributed by atoms with E-state index in [1.807, 2.05) is 13.0 Å². The van der Waals surface area contributed by atoms with Gasteiger partial charge in [-0.25, -0.2) is 4.98 Å². The highest BCUT2D eigenvalue weighted by atomic mass is 16.5. The quantitative estimate of drug-likeness (QED) is 0.641. The summed E-state index contributed by atoms with van der Waals surface area (Å²) in [6.07, 6.45) is 1.77. The number of fused-ring (bicyclic) bond motifs is 1. The van der Waals surface area contributed by atoms with Gasteiger partial charge in [0.15, 0.2) is 0 Å². The van der Waals surface area contributed by atoms with Crippen LogP contribution in [0.15, 0.2) is 16.8 Å². The zero-order valence-corrected chi connectivity index (χ0v) is 8.96. The highest BCUT2D eigenvalue weighted by molar-refractivity contribution is 5.80. The molecule has 0 saturated carbocycles. The minimum atomic E-state index is 0.0947. The van der Waals surface area contributed by atoms with Gasteiger partial charge >= 0.3 is 0 Å². The maximum atomic E-state index is 5.12. The normalized spacial score (nSPS) is 12.3. The number of pyridine rings is 1. The van der Waals surface area contributed by atoms with Crippen LogP contribution in [0.4, 0.5) is 0 Å². The number of rotatable bonds is 0. The van der Waals surface area contributed by atoms with Gasteiger partial charge in [0.2, 0.25) is 0 Å². The van der Waals surface area contributed by atoms with Crippen molar-refractivity contribution in [1.82, 2.24) is 10.1 Å². The molecule has 2 rings (SSSR count). The molecule has 0 aliphatic heterocycles. The van der Waals surface area contributed by atoms with Crippen LogP contribution < -0.4 is 0 Å². The fourth-order valence-corrected chi connectivity index (χ4v) is 1.64. The van der Waals surface area contributed by atoms with Crippen molar-refractivity contribution < 1.29 is 4.52 Å². The molecule has 0 aliphatic rings. The lowest BCUT2D eigenvalue weighted by Gasteiger charge is -2.19. The summed E-state index contributed by atoms with van der Waals surface area (Å²) >= 11 is 0. The second-order valence-electron chi connectivity index (χ2n) is 4.56. The molecule has 2 aromatic heterocycles. The van der Waals surface area contributed by atoms with Gasteiger partial charge < -0.3 is 4.52 Å². The molecule has 2 aromatic rings. The van der Waals surface area contributed by atoms with Gasteiger partial charge in [-0.2, -0.15) is 0 Å². The van der Waals surface area contributed by atoms with Crippen LogP contribution in [0, 0.1) is 6.92 Å². The highest BCUT2D eigenvalue weighted by Crippen LogP contribution is 2.30. The molecule has 0 unspecified atom stereocenters. The topological polar surface area (TPSA) is 38.9 Å². The van der Waals surface area contributed by atoms with Gasteiger partial charge in [-0.15, -0.1) is 0 Å². The van der Waals surface area contributed by atoms with Crippen LogP contribution in [0.25, 0.3) is 11.1 Å². The minimum absolute atomic E-state index is 0.0947. The van der Waals surface area contributed by atoms with Crippen LogP contribution in [0.3, 0.4) is 0 Å². The summed E-state index contributed by atoms with van der Waals surface area (Å²) in [5, 5.41) is 4.99. The van der Waals surface area contributed by atoms with Gasteiger partial charge in [0.05, 0.1) is 11.1 Å². The molecular formula is C11H14N2O.